The van der Waals surface area contributed by atoms with Crippen molar-refractivity contribution in [1.29, 1.82) is 0 Å². The van der Waals surface area contributed by atoms with E-state index in [-0.39, 0.29) is 35.2 Å². The van der Waals surface area contributed by atoms with Crippen LogP contribution in [0.4, 0.5) is 5.69 Å². The first-order valence-electron chi connectivity index (χ1n) is 6.76. The van der Waals surface area contributed by atoms with Gasteiger partial charge in [-0.3, -0.25) is 10.1 Å². The Morgan fingerprint density at radius 3 is 2.41 bits per heavy atom. The van der Waals surface area contributed by atoms with Crippen molar-refractivity contribution in [3.8, 4) is 11.5 Å². The highest BCUT2D eigenvalue weighted by Crippen LogP contribution is 2.38. The van der Waals surface area contributed by atoms with Gasteiger partial charge in [-0.25, -0.2) is 0 Å². The van der Waals surface area contributed by atoms with Crippen LogP contribution >= 0.6 is 12.4 Å². The lowest BCUT2D eigenvalue weighted by molar-refractivity contribution is -0.385. The molecule has 0 fully saturated rings. The van der Waals surface area contributed by atoms with Gasteiger partial charge in [0, 0.05) is 11.6 Å². The molecule has 7 nitrogen and oxygen atoms in total. The molecule has 0 saturated carbocycles. The van der Waals surface area contributed by atoms with E-state index in [0.717, 1.165) is 12.5 Å². The van der Waals surface area contributed by atoms with Gasteiger partial charge in [0.25, 0.3) is 5.69 Å². The summed E-state index contributed by atoms with van der Waals surface area (Å²) < 4.78 is 4.91. The van der Waals surface area contributed by atoms with Gasteiger partial charge in [0.05, 0.1) is 30.2 Å². The Morgan fingerprint density at radius 2 is 1.95 bits per heavy atom. The summed E-state index contributed by atoms with van der Waals surface area (Å²) in [7, 11) is 1.29. The van der Waals surface area contributed by atoms with E-state index in [2.05, 4.69) is 0 Å². The van der Waals surface area contributed by atoms with Gasteiger partial charge < -0.3 is 20.7 Å². The largest absolute Gasteiger partial charge is 0.504 e. The quantitative estimate of drug-likeness (QED) is 0.520. The number of aromatic hydroxyl groups is 1. The Morgan fingerprint density at radius 1 is 1.36 bits per heavy atom. The average Bonchev–Trinajstić information content (AvgIpc) is 2.43. The van der Waals surface area contributed by atoms with E-state index in [0.29, 0.717) is 12.3 Å². The minimum absolute atomic E-state index is 0. The molecule has 0 radical (unpaired) electrons. The summed E-state index contributed by atoms with van der Waals surface area (Å²) >= 11 is 0. The molecule has 1 rings (SSSR count). The van der Waals surface area contributed by atoms with E-state index in [1.165, 1.54) is 13.2 Å². The number of halogens is 1. The van der Waals surface area contributed by atoms with Gasteiger partial charge in [-0.2, -0.15) is 0 Å². The molecule has 1 aromatic carbocycles. The van der Waals surface area contributed by atoms with Crippen LogP contribution in [0.15, 0.2) is 12.1 Å². The molecule has 0 saturated heterocycles. The van der Waals surface area contributed by atoms with Gasteiger partial charge in [0.2, 0.25) is 0 Å². The second-order valence-electron chi connectivity index (χ2n) is 5.41. The number of non-ortho nitro benzene ring substituents is 1. The summed E-state index contributed by atoms with van der Waals surface area (Å²) in [5.41, 5.74) is 5.79. The van der Waals surface area contributed by atoms with E-state index < -0.39 is 17.1 Å². The number of hydrogen-bond acceptors (Lipinski definition) is 6. The zero-order chi connectivity index (χ0) is 16.2. The van der Waals surface area contributed by atoms with Gasteiger partial charge in [0.15, 0.2) is 11.5 Å². The predicted molar refractivity (Wildman–Crippen MR) is 85.6 cm³/mol. The Kier molecular flexibility index (Phi) is 8.15. The van der Waals surface area contributed by atoms with Crippen molar-refractivity contribution >= 4 is 18.1 Å². The van der Waals surface area contributed by atoms with Crippen LogP contribution in [0.2, 0.25) is 0 Å². The molecule has 0 heterocycles. The highest BCUT2D eigenvalue weighted by molar-refractivity contribution is 5.85. The van der Waals surface area contributed by atoms with Crippen LogP contribution in [0, 0.1) is 16.0 Å². The van der Waals surface area contributed by atoms with Crippen molar-refractivity contribution in [2.45, 2.75) is 38.8 Å². The maximum absolute atomic E-state index is 10.9. The first-order valence-corrected chi connectivity index (χ1v) is 6.76. The monoisotopic (exact) mass is 334 g/mol. The van der Waals surface area contributed by atoms with Gasteiger partial charge >= 0.3 is 0 Å². The molecule has 0 amide bonds. The molecule has 0 aromatic heterocycles. The molecule has 0 bridgehead atoms. The van der Waals surface area contributed by atoms with E-state index in [1.54, 1.807) is 0 Å². The molecule has 0 aliphatic carbocycles. The van der Waals surface area contributed by atoms with Gasteiger partial charge in [0.1, 0.15) is 0 Å². The number of rotatable bonds is 7. The number of methoxy groups -OCH3 is 1. The van der Waals surface area contributed by atoms with Crippen molar-refractivity contribution in [2.24, 2.45) is 11.7 Å². The van der Waals surface area contributed by atoms with Crippen LogP contribution in [-0.2, 0) is 0 Å². The van der Waals surface area contributed by atoms with Gasteiger partial charge in [-0.05, 0) is 18.8 Å². The first kappa shape index (κ1) is 20.4. The summed E-state index contributed by atoms with van der Waals surface area (Å²) in [5, 5.41) is 31.0. The zero-order valence-electron chi connectivity index (χ0n) is 12.9. The molecular formula is C14H23ClN2O5. The molecule has 1 aromatic rings. The van der Waals surface area contributed by atoms with Gasteiger partial charge in [-0.15, -0.1) is 12.4 Å². The number of aliphatic hydroxyl groups excluding tert-OH is 1. The summed E-state index contributed by atoms with van der Waals surface area (Å²) in [5.74, 6) is 0.0880. The summed E-state index contributed by atoms with van der Waals surface area (Å²) in [6.45, 7) is 4.04. The molecule has 22 heavy (non-hydrogen) atoms. The van der Waals surface area contributed by atoms with Crippen LogP contribution in [0.5, 0.6) is 11.5 Å². The van der Waals surface area contributed by atoms with Crippen LogP contribution in [0.3, 0.4) is 0 Å². The Labute approximate surface area is 135 Å². The van der Waals surface area contributed by atoms with E-state index in [9.17, 15) is 20.3 Å². The van der Waals surface area contributed by atoms with E-state index in [1.807, 2.05) is 13.8 Å². The van der Waals surface area contributed by atoms with E-state index in [4.69, 9.17) is 10.5 Å². The lowest BCUT2D eigenvalue weighted by Crippen LogP contribution is -2.26. The fraction of sp³-hybridized carbons (Fsp3) is 0.571. The number of phenolic OH excluding ortho intramolecular Hbond substituents is 1. The molecular weight excluding hydrogens is 312 g/mol. The summed E-state index contributed by atoms with van der Waals surface area (Å²) in [4.78, 5) is 10.3. The molecule has 0 spiro atoms. The molecule has 0 aliphatic heterocycles. The number of hydrogen-bond donors (Lipinski definition) is 3. The maximum atomic E-state index is 10.9. The number of nitro groups is 1. The lowest BCUT2D eigenvalue weighted by Gasteiger charge is -2.21. The van der Waals surface area contributed by atoms with Crippen molar-refractivity contribution in [1.82, 2.24) is 0 Å². The zero-order valence-corrected chi connectivity index (χ0v) is 13.7. The fourth-order valence-corrected chi connectivity index (χ4v) is 2.02. The molecule has 2 atom stereocenters. The third-order valence-electron chi connectivity index (χ3n) is 3.33. The van der Waals surface area contributed by atoms with Crippen LogP contribution < -0.4 is 10.5 Å². The number of nitro benzene ring substituents is 1. The van der Waals surface area contributed by atoms with Crippen molar-refractivity contribution in [3.05, 3.63) is 27.8 Å². The average molecular weight is 335 g/mol. The van der Waals surface area contributed by atoms with E-state index >= 15 is 0 Å². The normalized spacial score (nSPS) is 13.4. The number of ether oxygens (including phenoxy) is 1. The number of aliphatic hydroxyl groups is 1. The summed E-state index contributed by atoms with van der Waals surface area (Å²) in [6.07, 6.45) is 0.315. The minimum Gasteiger partial charge on any atom is -0.504 e. The third-order valence-corrected chi connectivity index (χ3v) is 3.33. The van der Waals surface area contributed by atoms with Gasteiger partial charge in [-0.1, -0.05) is 13.8 Å². The highest BCUT2D eigenvalue weighted by atomic mass is 35.5. The van der Waals surface area contributed by atoms with Crippen molar-refractivity contribution < 1.29 is 19.9 Å². The highest BCUT2D eigenvalue weighted by Gasteiger charge is 2.25. The number of benzene rings is 1. The lowest BCUT2D eigenvalue weighted by atomic mass is 9.95. The number of nitrogens with zero attached hydrogens (tertiary/aromatic N) is 1. The number of phenols is 1. The number of nitrogens with two attached hydrogens (primary N) is 1. The smallest absolute Gasteiger partial charge is 0.273 e. The van der Waals surface area contributed by atoms with Crippen LogP contribution in [-0.4, -0.2) is 28.4 Å². The summed E-state index contributed by atoms with van der Waals surface area (Å²) in [6, 6.07) is 1.37. The predicted octanol–water partition coefficient (Wildman–Crippen LogP) is 2.53. The van der Waals surface area contributed by atoms with Crippen LogP contribution in [0.1, 0.15) is 38.3 Å². The second-order valence-corrected chi connectivity index (χ2v) is 5.41. The molecule has 8 heteroatoms. The minimum atomic E-state index is -0.919. The Balaban J connectivity index is 0.00000441. The standard InChI is InChI=1S/C14H22N2O5.ClH/c1-8(2)4-5-11(17)13(15)10-6-9(16(19)20)7-12(21-3)14(10)18;/h6-8,11,13,17-18H,4-5,15H2,1-3H3;1H/t11-,13+;/m1./s1. The van der Waals surface area contributed by atoms with Crippen molar-refractivity contribution in [2.75, 3.05) is 7.11 Å². The Hall–Kier alpha value is -1.57. The first-order chi connectivity index (χ1) is 9.77. The molecule has 126 valence electrons. The second kappa shape index (κ2) is 8.77. The van der Waals surface area contributed by atoms with Crippen LogP contribution in [0.25, 0.3) is 0 Å². The maximum Gasteiger partial charge on any atom is 0.273 e. The molecule has 0 unspecified atom stereocenters. The fourth-order valence-electron chi connectivity index (χ4n) is 2.02. The topological polar surface area (TPSA) is 119 Å². The Bertz CT molecular complexity index is 510. The SMILES string of the molecule is COc1cc([N+](=O)[O-])cc([C@H](N)[C@H](O)CCC(C)C)c1O.Cl. The molecule has 0 aliphatic rings. The van der Waals surface area contributed by atoms with Crippen molar-refractivity contribution in [3.63, 3.8) is 0 Å². The molecule has 4 N–H and O–H groups in total. The third kappa shape index (κ3) is 5.01.